The summed E-state index contributed by atoms with van der Waals surface area (Å²) in [5.74, 6) is 1.95. The number of benzene rings is 1. The Balaban J connectivity index is 1.35. The van der Waals surface area contributed by atoms with Gasteiger partial charge in [0.1, 0.15) is 25.0 Å². The highest BCUT2D eigenvalue weighted by molar-refractivity contribution is 5.91. The quantitative estimate of drug-likeness (QED) is 0.523. The average molecular weight is 438 g/mol. The van der Waals surface area contributed by atoms with E-state index in [4.69, 9.17) is 14.0 Å². The summed E-state index contributed by atoms with van der Waals surface area (Å²) in [4.78, 5) is 18.5. The minimum absolute atomic E-state index is 0.000239. The number of hydrogen-bond acceptors (Lipinski definition) is 7. The number of carbonyl (C=O) groups excluding carboxylic acids is 1. The molecule has 9 heteroatoms. The number of hydrogen-bond donors (Lipinski definition) is 0. The van der Waals surface area contributed by atoms with Crippen LogP contribution >= 0.6 is 0 Å². The van der Waals surface area contributed by atoms with Gasteiger partial charge < -0.3 is 18.9 Å². The summed E-state index contributed by atoms with van der Waals surface area (Å²) in [7, 11) is 1.59. The zero-order valence-electron chi connectivity index (χ0n) is 18.5. The number of rotatable bonds is 7. The molecule has 4 rings (SSSR count). The van der Waals surface area contributed by atoms with Gasteiger partial charge in [0.15, 0.2) is 11.5 Å². The van der Waals surface area contributed by atoms with Crippen LogP contribution in [0.2, 0.25) is 0 Å². The largest absolute Gasteiger partial charge is 0.493 e. The topological polar surface area (TPSA) is 95.5 Å². The SMILES string of the molecule is COc1cc(/C=C/C(=O)N2CCC(n3cncn3)CC2)ccc1OCc1c(C)noc1C. The molecule has 3 aromatic rings. The molecule has 32 heavy (non-hydrogen) atoms. The zero-order chi connectivity index (χ0) is 22.5. The molecular weight excluding hydrogens is 410 g/mol. The molecule has 1 aromatic carbocycles. The van der Waals surface area contributed by atoms with Crippen LogP contribution in [0.15, 0.2) is 41.5 Å². The van der Waals surface area contributed by atoms with Crippen molar-refractivity contribution in [1.82, 2.24) is 24.8 Å². The Hall–Kier alpha value is -3.62. The van der Waals surface area contributed by atoms with Crippen LogP contribution in [0, 0.1) is 13.8 Å². The van der Waals surface area contributed by atoms with Crippen LogP contribution in [-0.2, 0) is 11.4 Å². The summed E-state index contributed by atoms with van der Waals surface area (Å²) in [6.07, 6.45) is 8.42. The van der Waals surface area contributed by atoms with Crippen LogP contribution in [0.4, 0.5) is 0 Å². The smallest absolute Gasteiger partial charge is 0.246 e. The lowest BCUT2D eigenvalue weighted by molar-refractivity contribution is -0.127. The lowest BCUT2D eigenvalue weighted by atomic mass is 10.1. The van der Waals surface area contributed by atoms with E-state index in [0.29, 0.717) is 37.2 Å². The Labute approximate surface area is 186 Å². The molecule has 0 spiro atoms. The number of piperidine rings is 1. The predicted octanol–water partition coefficient (Wildman–Crippen LogP) is 3.35. The standard InChI is InChI=1S/C23H27N5O4/c1-16-20(17(2)32-26-16)13-31-21-6-4-18(12-22(21)30-3)5-7-23(29)27-10-8-19(9-11-27)28-15-24-14-25-28/h4-7,12,14-15,19H,8-11,13H2,1-3H3/b7-5+. The molecule has 0 radical (unpaired) electrons. The van der Waals surface area contributed by atoms with E-state index >= 15 is 0 Å². The number of likely N-dealkylation sites (tertiary alicyclic amines) is 1. The van der Waals surface area contributed by atoms with E-state index < -0.39 is 0 Å². The molecule has 168 valence electrons. The maximum Gasteiger partial charge on any atom is 0.246 e. The number of aryl methyl sites for hydroxylation is 2. The van der Waals surface area contributed by atoms with Gasteiger partial charge in [0.2, 0.25) is 5.91 Å². The van der Waals surface area contributed by atoms with Crippen molar-refractivity contribution in [2.45, 2.75) is 39.3 Å². The van der Waals surface area contributed by atoms with Gasteiger partial charge in [-0.25, -0.2) is 9.67 Å². The first kappa shape index (κ1) is 21.6. The Morgan fingerprint density at radius 2 is 2.06 bits per heavy atom. The summed E-state index contributed by atoms with van der Waals surface area (Å²) in [5.41, 5.74) is 2.59. The van der Waals surface area contributed by atoms with E-state index in [1.165, 1.54) is 0 Å². The first-order valence-electron chi connectivity index (χ1n) is 10.6. The maximum absolute atomic E-state index is 12.6. The molecular formula is C23H27N5O4. The fraction of sp³-hybridized carbons (Fsp3) is 0.391. The molecule has 1 aliphatic rings. The molecule has 9 nitrogen and oxygen atoms in total. The molecule has 2 aromatic heterocycles. The highest BCUT2D eigenvalue weighted by Crippen LogP contribution is 2.30. The second-order valence-corrected chi connectivity index (χ2v) is 7.77. The Morgan fingerprint density at radius 3 is 2.72 bits per heavy atom. The summed E-state index contributed by atoms with van der Waals surface area (Å²) in [6.45, 7) is 5.49. The van der Waals surface area contributed by atoms with Crippen LogP contribution in [0.5, 0.6) is 11.5 Å². The van der Waals surface area contributed by atoms with Gasteiger partial charge in [0.05, 0.1) is 24.4 Å². The van der Waals surface area contributed by atoms with Gasteiger partial charge in [-0.15, -0.1) is 0 Å². The van der Waals surface area contributed by atoms with E-state index in [2.05, 4.69) is 15.2 Å². The molecule has 0 N–H and O–H groups in total. The summed E-state index contributed by atoms with van der Waals surface area (Å²) in [6, 6.07) is 5.88. The van der Waals surface area contributed by atoms with E-state index in [1.54, 1.807) is 31.9 Å². The molecule has 3 heterocycles. The summed E-state index contributed by atoms with van der Waals surface area (Å²) < 4.78 is 18.4. The monoisotopic (exact) mass is 437 g/mol. The van der Waals surface area contributed by atoms with Crippen molar-refractivity contribution < 1.29 is 18.8 Å². The van der Waals surface area contributed by atoms with Crippen LogP contribution in [0.25, 0.3) is 6.08 Å². The van der Waals surface area contributed by atoms with Gasteiger partial charge in [-0.05, 0) is 50.5 Å². The van der Waals surface area contributed by atoms with E-state index in [0.717, 1.165) is 35.4 Å². The number of amides is 1. The van der Waals surface area contributed by atoms with Crippen LogP contribution in [0.1, 0.15) is 41.5 Å². The van der Waals surface area contributed by atoms with Crippen LogP contribution < -0.4 is 9.47 Å². The number of methoxy groups -OCH3 is 1. The molecule has 0 atom stereocenters. The lowest BCUT2D eigenvalue weighted by Crippen LogP contribution is -2.38. The lowest BCUT2D eigenvalue weighted by Gasteiger charge is -2.31. The van der Waals surface area contributed by atoms with Crippen molar-refractivity contribution in [2.24, 2.45) is 0 Å². The Bertz CT molecular complexity index is 1060. The summed E-state index contributed by atoms with van der Waals surface area (Å²) >= 11 is 0. The Kier molecular flexibility index (Phi) is 6.53. The fourth-order valence-electron chi connectivity index (χ4n) is 3.79. The van der Waals surface area contributed by atoms with Gasteiger partial charge in [0.25, 0.3) is 0 Å². The summed E-state index contributed by atoms with van der Waals surface area (Å²) in [5, 5.41) is 8.15. The molecule has 1 saturated heterocycles. The molecule has 0 unspecified atom stereocenters. The Morgan fingerprint density at radius 1 is 1.25 bits per heavy atom. The highest BCUT2D eigenvalue weighted by atomic mass is 16.5. The molecule has 1 amide bonds. The van der Waals surface area contributed by atoms with Gasteiger partial charge >= 0.3 is 0 Å². The first-order chi connectivity index (χ1) is 15.5. The minimum Gasteiger partial charge on any atom is -0.493 e. The van der Waals surface area contributed by atoms with Crippen molar-refractivity contribution in [3.05, 3.63) is 59.5 Å². The average Bonchev–Trinajstić information content (AvgIpc) is 3.47. The van der Waals surface area contributed by atoms with Crippen molar-refractivity contribution >= 4 is 12.0 Å². The minimum atomic E-state index is -0.000239. The van der Waals surface area contributed by atoms with Crippen LogP contribution in [-0.4, -0.2) is 50.9 Å². The molecule has 0 aliphatic carbocycles. The normalized spacial score (nSPS) is 14.8. The third kappa shape index (κ3) is 4.82. The van der Waals surface area contributed by atoms with E-state index in [1.807, 2.05) is 41.6 Å². The predicted molar refractivity (Wildman–Crippen MR) is 117 cm³/mol. The zero-order valence-corrected chi connectivity index (χ0v) is 18.5. The van der Waals surface area contributed by atoms with Crippen LogP contribution in [0.3, 0.4) is 0 Å². The van der Waals surface area contributed by atoms with E-state index in [9.17, 15) is 4.79 Å². The second kappa shape index (κ2) is 9.67. The number of aromatic nitrogens is 4. The molecule has 0 bridgehead atoms. The number of ether oxygens (including phenoxy) is 2. The van der Waals surface area contributed by atoms with E-state index in [-0.39, 0.29) is 5.91 Å². The number of carbonyl (C=O) groups is 1. The number of nitrogens with zero attached hydrogens (tertiary/aromatic N) is 5. The first-order valence-corrected chi connectivity index (χ1v) is 10.6. The third-order valence-electron chi connectivity index (χ3n) is 5.75. The van der Waals surface area contributed by atoms with Crippen molar-refractivity contribution in [1.29, 1.82) is 0 Å². The maximum atomic E-state index is 12.6. The molecule has 0 saturated carbocycles. The van der Waals surface area contributed by atoms with Gasteiger partial charge in [0, 0.05) is 19.2 Å². The van der Waals surface area contributed by atoms with Crippen molar-refractivity contribution in [3.63, 3.8) is 0 Å². The molecule has 1 fully saturated rings. The van der Waals surface area contributed by atoms with Gasteiger partial charge in [-0.3, -0.25) is 4.79 Å². The fourth-order valence-corrected chi connectivity index (χ4v) is 3.79. The second-order valence-electron chi connectivity index (χ2n) is 7.77. The third-order valence-corrected chi connectivity index (χ3v) is 5.75. The van der Waals surface area contributed by atoms with Crippen molar-refractivity contribution in [3.8, 4) is 11.5 Å². The van der Waals surface area contributed by atoms with Crippen molar-refractivity contribution in [2.75, 3.05) is 20.2 Å². The van der Waals surface area contributed by atoms with Gasteiger partial charge in [-0.2, -0.15) is 5.10 Å². The molecule has 1 aliphatic heterocycles. The van der Waals surface area contributed by atoms with Gasteiger partial charge in [-0.1, -0.05) is 11.2 Å². The highest BCUT2D eigenvalue weighted by Gasteiger charge is 2.23.